The molecule has 0 aromatic heterocycles. The SMILES string of the molecule is Cc1cc(C)c(C)c(Oc2cc(NC(C#N)=C(C#N)C#N)cc([N+](=O)[O-])c2)c1. The maximum Gasteiger partial charge on any atom is 0.275 e. The lowest BCUT2D eigenvalue weighted by molar-refractivity contribution is -0.384. The Morgan fingerprint density at radius 3 is 2.29 bits per heavy atom. The first-order valence-corrected chi connectivity index (χ1v) is 8.05. The quantitative estimate of drug-likeness (QED) is 0.461. The molecule has 1 N–H and O–H groups in total. The fraction of sp³-hybridized carbons (Fsp3) is 0.150. The van der Waals surface area contributed by atoms with Gasteiger partial charge >= 0.3 is 0 Å². The third-order valence-electron chi connectivity index (χ3n) is 3.95. The van der Waals surface area contributed by atoms with Crippen molar-refractivity contribution in [1.29, 1.82) is 15.8 Å². The highest BCUT2D eigenvalue weighted by Gasteiger charge is 2.15. The summed E-state index contributed by atoms with van der Waals surface area (Å²) in [5, 5.41) is 40.9. The molecule has 0 saturated heterocycles. The Balaban J connectivity index is 2.52. The molecule has 0 spiro atoms. The van der Waals surface area contributed by atoms with Crippen molar-refractivity contribution in [1.82, 2.24) is 0 Å². The molecule has 0 aliphatic rings. The fourth-order valence-electron chi connectivity index (χ4n) is 2.48. The number of anilines is 1. The number of nitrogens with zero attached hydrogens (tertiary/aromatic N) is 4. The van der Waals surface area contributed by atoms with E-state index in [9.17, 15) is 10.1 Å². The summed E-state index contributed by atoms with van der Waals surface area (Å²) in [5.74, 6) is 0.729. The standard InChI is InChI=1S/C20H15N5O3/c1-12-4-13(2)14(3)20(5-12)28-18-7-16(6-17(8-18)25(26)27)24-19(11-23)15(9-21)10-22/h4-8,24H,1-3H3. The Bertz CT molecular complexity index is 1100. The van der Waals surface area contributed by atoms with E-state index >= 15 is 0 Å². The third kappa shape index (κ3) is 4.43. The van der Waals surface area contributed by atoms with Gasteiger partial charge in [-0.1, -0.05) is 6.07 Å². The number of aryl methyl sites for hydroxylation is 2. The number of ether oxygens (including phenoxy) is 1. The van der Waals surface area contributed by atoms with Gasteiger partial charge in [-0.2, -0.15) is 15.8 Å². The maximum absolute atomic E-state index is 11.3. The zero-order valence-electron chi connectivity index (χ0n) is 15.4. The number of nitro groups is 1. The molecule has 8 heteroatoms. The van der Waals surface area contributed by atoms with Crippen LogP contribution in [-0.2, 0) is 0 Å². The lowest BCUT2D eigenvalue weighted by Gasteiger charge is -2.13. The van der Waals surface area contributed by atoms with Gasteiger partial charge in [0.05, 0.1) is 11.0 Å². The van der Waals surface area contributed by atoms with Crippen molar-refractivity contribution >= 4 is 11.4 Å². The molecule has 0 bridgehead atoms. The monoisotopic (exact) mass is 373 g/mol. The Hall–Kier alpha value is -4.35. The van der Waals surface area contributed by atoms with E-state index in [0.717, 1.165) is 16.7 Å². The maximum atomic E-state index is 11.3. The van der Waals surface area contributed by atoms with Crippen molar-refractivity contribution < 1.29 is 9.66 Å². The number of nitro benzene ring substituents is 1. The van der Waals surface area contributed by atoms with E-state index in [4.69, 9.17) is 20.5 Å². The highest BCUT2D eigenvalue weighted by Crippen LogP contribution is 2.33. The molecular formula is C20H15N5O3. The predicted molar refractivity (Wildman–Crippen MR) is 101 cm³/mol. The van der Waals surface area contributed by atoms with Gasteiger partial charge in [-0.05, 0) is 43.5 Å². The van der Waals surface area contributed by atoms with Gasteiger partial charge in [-0.25, -0.2) is 0 Å². The zero-order chi connectivity index (χ0) is 20.8. The zero-order valence-corrected chi connectivity index (χ0v) is 15.4. The number of benzene rings is 2. The van der Waals surface area contributed by atoms with E-state index in [0.29, 0.717) is 5.75 Å². The molecular weight excluding hydrogens is 358 g/mol. The van der Waals surface area contributed by atoms with Crippen molar-refractivity contribution in [2.45, 2.75) is 20.8 Å². The molecule has 2 aromatic rings. The highest BCUT2D eigenvalue weighted by molar-refractivity contribution is 5.63. The van der Waals surface area contributed by atoms with Crippen LogP contribution in [-0.4, -0.2) is 4.92 Å². The molecule has 0 atom stereocenters. The Morgan fingerprint density at radius 2 is 1.71 bits per heavy atom. The predicted octanol–water partition coefficient (Wildman–Crippen LogP) is 4.55. The van der Waals surface area contributed by atoms with Crippen molar-refractivity contribution in [3.05, 3.63) is 68.4 Å². The molecule has 8 nitrogen and oxygen atoms in total. The smallest absolute Gasteiger partial charge is 0.275 e. The molecule has 0 aliphatic carbocycles. The summed E-state index contributed by atoms with van der Waals surface area (Å²) in [6.07, 6.45) is 0. The Labute approximate surface area is 161 Å². The minimum atomic E-state index is -0.600. The van der Waals surface area contributed by atoms with Gasteiger partial charge in [0.1, 0.15) is 35.4 Å². The molecule has 0 saturated carbocycles. The minimum Gasteiger partial charge on any atom is -0.457 e. The van der Waals surface area contributed by atoms with Crippen molar-refractivity contribution in [3.63, 3.8) is 0 Å². The second kappa shape index (κ2) is 8.35. The number of hydrogen-bond donors (Lipinski definition) is 1. The van der Waals surface area contributed by atoms with E-state index < -0.39 is 10.5 Å². The van der Waals surface area contributed by atoms with Gasteiger partial charge in [0, 0.05) is 17.8 Å². The summed E-state index contributed by atoms with van der Waals surface area (Å²) >= 11 is 0. The number of nitrogens with one attached hydrogen (secondary N) is 1. The van der Waals surface area contributed by atoms with Crippen LogP contribution in [0.1, 0.15) is 16.7 Å². The van der Waals surface area contributed by atoms with Crippen LogP contribution in [0.2, 0.25) is 0 Å². The Morgan fingerprint density at radius 1 is 1.04 bits per heavy atom. The van der Waals surface area contributed by atoms with Crippen LogP contribution in [0.4, 0.5) is 11.4 Å². The normalized spacial score (nSPS) is 9.43. The first-order chi connectivity index (χ1) is 13.3. The van der Waals surface area contributed by atoms with Crippen molar-refractivity contribution in [2.75, 3.05) is 5.32 Å². The summed E-state index contributed by atoms with van der Waals surface area (Å²) in [7, 11) is 0. The molecule has 0 aliphatic heterocycles. The lowest BCUT2D eigenvalue weighted by atomic mass is 10.1. The van der Waals surface area contributed by atoms with Gasteiger partial charge in [0.2, 0.25) is 0 Å². The van der Waals surface area contributed by atoms with E-state index in [1.165, 1.54) is 18.2 Å². The summed E-state index contributed by atoms with van der Waals surface area (Å²) < 4.78 is 5.86. The van der Waals surface area contributed by atoms with Crippen LogP contribution in [0.25, 0.3) is 0 Å². The largest absolute Gasteiger partial charge is 0.457 e. The van der Waals surface area contributed by atoms with Crippen LogP contribution in [0.15, 0.2) is 41.6 Å². The molecule has 138 valence electrons. The minimum absolute atomic E-state index is 0.144. The van der Waals surface area contributed by atoms with Crippen LogP contribution >= 0.6 is 0 Å². The summed E-state index contributed by atoms with van der Waals surface area (Å²) in [5.41, 5.74) is 2.02. The number of nitriles is 3. The fourth-order valence-corrected chi connectivity index (χ4v) is 2.48. The topological polar surface area (TPSA) is 136 Å². The first kappa shape index (κ1) is 20.0. The van der Waals surface area contributed by atoms with Gasteiger partial charge in [0.15, 0.2) is 5.57 Å². The number of hydrogen-bond acceptors (Lipinski definition) is 7. The van der Waals surface area contributed by atoms with Gasteiger partial charge < -0.3 is 10.1 Å². The number of rotatable bonds is 5. The molecule has 2 rings (SSSR count). The third-order valence-corrected chi connectivity index (χ3v) is 3.95. The number of non-ortho nitro benzene ring substituents is 1. The van der Waals surface area contributed by atoms with Gasteiger partial charge in [-0.3, -0.25) is 10.1 Å². The van der Waals surface area contributed by atoms with E-state index in [1.54, 1.807) is 18.2 Å². The van der Waals surface area contributed by atoms with E-state index in [2.05, 4.69) is 5.32 Å². The second-order valence-electron chi connectivity index (χ2n) is 5.99. The van der Waals surface area contributed by atoms with Crippen LogP contribution in [0.3, 0.4) is 0 Å². The first-order valence-electron chi connectivity index (χ1n) is 8.05. The molecule has 0 fully saturated rings. The molecule has 0 amide bonds. The summed E-state index contributed by atoms with van der Waals surface area (Å²) in [4.78, 5) is 10.7. The van der Waals surface area contributed by atoms with Gasteiger partial charge in [0.25, 0.3) is 5.69 Å². The summed E-state index contributed by atoms with van der Waals surface area (Å²) in [6.45, 7) is 5.73. The Kier molecular flexibility index (Phi) is 5.96. The lowest BCUT2D eigenvalue weighted by Crippen LogP contribution is -2.02. The number of allylic oxidation sites excluding steroid dienone is 2. The van der Waals surface area contributed by atoms with Crippen LogP contribution in [0.5, 0.6) is 11.5 Å². The van der Waals surface area contributed by atoms with Gasteiger partial charge in [-0.15, -0.1) is 0 Å². The molecule has 0 unspecified atom stereocenters. The molecule has 0 heterocycles. The van der Waals surface area contributed by atoms with Crippen molar-refractivity contribution in [2.24, 2.45) is 0 Å². The summed E-state index contributed by atoms with van der Waals surface area (Å²) in [6, 6.07) is 12.6. The van der Waals surface area contributed by atoms with E-state index in [1.807, 2.05) is 32.9 Å². The van der Waals surface area contributed by atoms with Crippen LogP contribution in [0, 0.1) is 64.9 Å². The second-order valence-corrected chi connectivity index (χ2v) is 5.99. The molecule has 0 radical (unpaired) electrons. The van der Waals surface area contributed by atoms with E-state index in [-0.39, 0.29) is 22.8 Å². The highest BCUT2D eigenvalue weighted by atomic mass is 16.6. The van der Waals surface area contributed by atoms with Crippen molar-refractivity contribution in [3.8, 4) is 29.7 Å². The average molecular weight is 373 g/mol. The average Bonchev–Trinajstić information content (AvgIpc) is 2.65. The molecule has 28 heavy (non-hydrogen) atoms. The molecule has 2 aromatic carbocycles. The van der Waals surface area contributed by atoms with Crippen LogP contribution < -0.4 is 10.1 Å².